The van der Waals surface area contributed by atoms with E-state index in [0.29, 0.717) is 0 Å². The highest BCUT2D eigenvalue weighted by atomic mass is 32.2. The summed E-state index contributed by atoms with van der Waals surface area (Å²) < 4.78 is 8.16. The number of anilines is 1. The molecule has 2 aromatic rings. The lowest BCUT2D eigenvalue weighted by Crippen LogP contribution is -2.38. The van der Waals surface area contributed by atoms with E-state index in [4.69, 9.17) is 4.74 Å². The average Bonchev–Trinajstić information content (AvgIpc) is 2.88. The van der Waals surface area contributed by atoms with Crippen molar-refractivity contribution in [1.82, 2.24) is 15.0 Å². The fourth-order valence-electron chi connectivity index (χ4n) is 2.88. The van der Waals surface area contributed by atoms with Crippen molar-refractivity contribution in [3.8, 4) is 0 Å². The number of nitrogens with zero attached hydrogens (tertiary/aromatic N) is 3. The minimum Gasteiger partial charge on any atom is -0.367 e. The van der Waals surface area contributed by atoms with Crippen LogP contribution in [-0.2, 0) is 4.74 Å². The van der Waals surface area contributed by atoms with E-state index in [1.54, 1.807) is 29.4 Å². The molecule has 1 N–H and O–H groups in total. The lowest BCUT2D eigenvalue weighted by molar-refractivity contribution is -0.0662. The number of fused-ring (bicyclic) bond motifs is 1. The molecule has 1 aliphatic heterocycles. The summed E-state index contributed by atoms with van der Waals surface area (Å²) in [5.41, 5.74) is 0.414. The van der Waals surface area contributed by atoms with Gasteiger partial charge in [0.15, 0.2) is 9.99 Å². The summed E-state index contributed by atoms with van der Waals surface area (Å²) in [6.07, 6.45) is 4.54. The topological polar surface area (TPSA) is 59.9 Å². The van der Waals surface area contributed by atoms with Crippen molar-refractivity contribution in [3.05, 3.63) is 6.33 Å². The van der Waals surface area contributed by atoms with Gasteiger partial charge in [0.25, 0.3) is 0 Å². The van der Waals surface area contributed by atoms with Crippen LogP contribution in [0.3, 0.4) is 0 Å². The van der Waals surface area contributed by atoms with Crippen LogP contribution in [0, 0.1) is 0 Å². The predicted molar refractivity (Wildman–Crippen MR) is 88.3 cm³/mol. The van der Waals surface area contributed by atoms with E-state index in [0.717, 1.165) is 26.9 Å². The third kappa shape index (κ3) is 2.86. The van der Waals surface area contributed by atoms with Crippen LogP contribution in [0.1, 0.15) is 34.1 Å². The lowest BCUT2D eigenvalue weighted by Gasteiger charge is -2.28. The Kier molecular flexibility index (Phi) is 3.62. The molecule has 0 aliphatic carbocycles. The molecule has 1 unspecified atom stereocenters. The molecule has 0 bridgehead atoms. The minimum absolute atomic E-state index is 0.120. The summed E-state index contributed by atoms with van der Waals surface area (Å²) in [4.78, 5) is 13.2. The van der Waals surface area contributed by atoms with E-state index < -0.39 is 0 Å². The third-order valence-electron chi connectivity index (χ3n) is 3.73. The third-order valence-corrected chi connectivity index (χ3v) is 5.77. The van der Waals surface area contributed by atoms with Gasteiger partial charge in [0.1, 0.15) is 16.8 Å². The molecule has 1 fully saturated rings. The molecule has 0 amide bonds. The number of thiazole rings is 1. The molecule has 21 heavy (non-hydrogen) atoms. The molecule has 3 rings (SSSR count). The molecule has 0 saturated carbocycles. The maximum Gasteiger partial charge on any atom is 0.176 e. The van der Waals surface area contributed by atoms with Gasteiger partial charge >= 0.3 is 0 Å². The fourth-order valence-corrected chi connectivity index (χ4v) is 4.34. The molecule has 1 atom stereocenters. The quantitative estimate of drug-likeness (QED) is 0.871. The van der Waals surface area contributed by atoms with Crippen molar-refractivity contribution in [2.24, 2.45) is 0 Å². The molecule has 0 spiro atoms. The first-order valence-corrected chi connectivity index (χ1v) is 8.97. The predicted octanol–water partition coefficient (Wildman–Crippen LogP) is 3.57. The Morgan fingerprint density at radius 3 is 2.71 bits per heavy atom. The molecule has 7 heteroatoms. The van der Waals surface area contributed by atoms with Crippen LogP contribution >= 0.6 is 23.1 Å². The standard InChI is InChI=1S/C14H20N4OS2/c1-13(2)6-8(14(3,4)19-13)17-10-9-11(16-7-15-10)18-12(20-5)21-9/h7-8H,6H2,1-5H3,(H,15,16,17). The van der Waals surface area contributed by atoms with Crippen LogP contribution in [-0.4, -0.2) is 38.5 Å². The molecule has 5 nitrogen and oxygen atoms in total. The highest BCUT2D eigenvalue weighted by Gasteiger charge is 2.46. The average molecular weight is 324 g/mol. The van der Waals surface area contributed by atoms with E-state index in [9.17, 15) is 0 Å². The maximum atomic E-state index is 6.14. The lowest BCUT2D eigenvalue weighted by atomic mass is 9.94. The number of aromatic nitrogens is 3. The molecular weight excluding hydrogens is 304 g/mol. The Balaban J connectivity index is 1.93. The van der Waals surface area contributed by atoms with Crippen LogP contribution < -0.4 is 5.32 Å². The largest absolute Gasteiger partial charge is 0.367 e. The molecule has 114 valence electrons. The van der Waals surface area contributed by atoms with Gasteiger partial charge in [-0.05, 0) is 40.4 Å². The van der Waals surface area contributed by atoms with Gasteiger partial charge in [0, 0.05) is 0 Å². The van der Waals surface area contributed by atoms with Gasteiger partial charge in [-0.2, -0.15) is 0 Å². The normalized spacial score (nSPS) is 23.6. The van der Waals surface area contributed by atoms with E-state index >= 15 is 0 Å². The summed E-state index contributed by atoms with van der Waals surface area (Å²) in [6, 6.07) is 0.213. The second-order valence-electron chi connectivity index (χ2n) is 6.43. The summed E-state index contributed by atoms with van der Waals surface area (Å²) in [5, 5.41) is 3.55. The van der Waals surface area contributed by atoms with E-state index in [1.807, 2.05) is 6.26 Å². The number of hydrogen-bond donors (Lipinski definition) is 1. The molecule has 2 aromatic heterocycles. The van der Waals surface area contributed by atoms with Crippen molar-refractivity contribution < 1.29 is 4.74 Å². The van der Waals surface area contributed by atoms with Gasteiger partial charge in [0.05, 0.1) is 17.2 Å². The summed E-state index contributed by atoms with van der Waals surface area (Å²) in [7, 11) is 0. The van der Waals surface area contributed by atoms with Crippen LogP contribution in [0.15, 0.2) is 10.7 Å². The first kappa shape index (κ1) is 15.0. The Morgan fingerprint density at radius 1 is 1.33 bits per heavy atom. The van der Waals surface area contributed by atoms with Crippen molar-refractivity contribution in [2.75, 3.05) is 11.6 Å². The monoisotopic (exact) mass is 324 g/mol. The molecule has 1 aliphatic rings. The van der Waals surface area contributed by atoms with E-state index in [2.05, 4.69) is 48.0 Å². The Labute approximate surface area is 132 Å². The van der Waals surface area contributed by atoms with Gasteiger partial charge in [-0.25, -0.2) is 15.0 Å². The minimum atomic E-state index is -0.228. The zero-order chi connectivity index (χ0) is 15.3. The zero-order valence-corrected chi connectivity index (χ0v) is 14.6. The summed E-state index contributed by atoms with van der Waals surface area (Å²) in [5.74, 6) is 0.858. The Morgan fingerprint density at radius 2 is 2.10 bits per heavy atom. The molecule has 1 saturated heterocycles. The summed E-state index contributed by atoms with van der Waals surface area (Å²) in [6.45, 7) is 8.50. The fraction of sp³-hybridized carbons (Fsp3) is 0.643. The highest BCUT2D eigenvalue weighted by Crippen LogP contribution is 2.40. The van der Waals surface area contributed by atoms with Crippen LogP contribution in [0.4, 0.5) is 5.82 Å². The first-order chi connectivity index (χ1) is 9.81. The van der Waals surface area contributed by atoms with E-state index in [-0.39, 0.29) is 17.2 Å². The first-order valence-electron chi connectivity index (χ1n) is 6.93. The van der Waals surface area contributed by atoms with Gasteiger partial charge in [0.2, 0.25) is 0 Å². The van der Waals surface area contributed by atoms with Crippen molar-refractivity contribution in [1.29, 1.82) is 0 Å². The SMILES string of the molecule is CSc1nc2ncnc(NC3CC(C)(C)OC3(C)C)c2s1. The van der Waals surface area contributed by atoms with Gasteiger partial charge in [-0.3, -0.25) is 0 Å². The highest BCUT2D eigenvalue weighted by molar-refractivity contribution is 8.00. The molecule has 3 heterocycles. The van der Waals surface area contributed by atoms with Crippen molar-refractivity contribution in [3.63, 3.8) is 0 Å². The number of rotatable bonds is 3. The smallest absolute Gasteiger partial charge is 0.176 e. The number of nitrogens with one attached hydrogen (secondary N) is 1. The van der Waals surface area contributed by atoms with Gasteiger partial charge in [-0.1, -0.05) is 11.8 Å². The number of thioether (sulfide) groups is 1. The van der Waals surface area contributed by atoms with Crippen LogP contribution in [0.2, 0.25) is 0 Å². The van der Waals surface area contributed by atoms with E-state index in [1.165, 1.54) is 0 Å². The summed E-state index contributed by atoms with van der Waals surface area (Å²) >= 11 is 3.26. The molecule has 0 aromatic carbocycles. The van der Waals surface area contributed by atoms with Crippen molar-refractivity contribution in [2.45, 2.75) is 55.7 Å². The van der Waals surface area contributed by atoms with Crippen LogP contribution in [0.25, 0.3) is 10.3 Å². The Hall–Kier alpha value is -0.920. The number of ether oxygens (including phenoxy) is 1. The molecular formula is C14H20N4OS2. The van der Waals surface area contributed by atoms with Gasteiger partial charge < -0.3 is 10.1 Å². The Bertz CT molecular complexity index is 668. The number of hydrogen-bond acceptors (Lipinski definition) is 7. The molecule has 0 radical (unpaired) electrons. The van der Waals surface area contributed by atoms with Crippen molar-refractivity contribution >= 4 is 39.3 Å². The van der Waals surface area contributed by atoms with Gasteiger partial charge in [-0.15, -0.1) is 11.3 Å². The second-order valence-corrected chi connectivity index (χ2v) is 8.48. The zero-order valence-electron chi connectivity index (χ0n) is 12.9. The van der Waals surface area contributed by atoms with Crippen LogP contribution in [0.5, 0.6) is 0 Å². The second kappa shape index (κ2) is 5.07. The maximum absolute atomic E-state index is 6.14.